The quantitative estimate of drug-likeness (QED) is 0.634. The molecule has 2 aliphatic carbocycles. The fourth-order valence-electron chi connectivity index (χ4n) is 1.81. The Kier molecular flexibility index (Phi) is 8.48. The minimum Gasteiger partial charge on any atom is -0.303 e. The number of nitrogens with zero attached hydrogens (tertiary/aromatic N) is 1. The Balaban J connectivity index is 0.000000313. The zero-order valence-corrected chi connectivity index (χ0v) is 12.2. The summed E-state index contributed by atoms with van der Waals surface area (Å²) in [5.41, 5.74) is 1.05. The van der Waals surface area contributed by atoms with Crippen molar-refractivity contribution in [3.8, 4) is 0 Å². The zero-order chi connectivity index (χ0) is 14.2. The van der Waals surface area contributed by atoms with Crippen LogP contribution in [0.15, 0.2) is 18.3 Å². The van der Waals surface area contributed by atoms with Gasteiger partial charge >= 0.3 is 17.1 Å². The molecule has 0 amide bonds. The van der Waals surface area contributed by atoms with E-state index in [1.165, 1.54) is 0 Å². The van der Waals surface area contributed by atoms with Crippen LogP contribution in [0.4, 0.5) is 0 Å². The van der Waals surface area contributed by atoms with Gasteiger partial charge < -0.3 is 4.79 Å². The first-order valence-electron chi connectivity index (χ1n) is 6.15. The first kappa shape index (κ1) is 18.1. The normalized spacial score (nSPS) is 18.5. The van der Waals surface area contributed by atoms with E-state index < -0.39 is 0 Å². The standard InChI is InChI=1S/C12H8NO2.C5H5.Fe/c14-7-9-3-1-5-11(9)12-10(8-15)4-2-6-13-12;1-2-4-5-3-1;/h1-8H;1-5H;/q;;+2. The molecule has 0 bridgehead atoms. The van der Waals surface area contributed by atoms with E-state index in [0.717, 1.165) is 12.6 Å². The molecule has 2 saturated carbocycles. The largest absolute Gasteiger partial charge is 2.00 e. The third kappa shape index (κ3) is 5.05. The number of carbonyl (C=O) groups is 2. The summed E-state index contributed by atoms with van der Waals surface area (Å²) in [4.78, 5) is 25.6. The Bertz CT molecular complexity index is 439. The van der Waals surface area contributed by atoms with Gasteiger partial charge in [-0.05, 0) is 63.5 Å². The van der Waals surface area contributed by atoms with Crippen molar-refractivity contribution in [1.82, 2.24) is 4.98 Å². The summed E-state index contributed by atoms with van der Waals surface area (Å²) in [5.74, 6) is 1.25. The number of aromatic nitrogens is 1. The van der Waals surface area contributed by atoms with Gasteiger partial charge in [0, 0.05) is 17.7 Å². The van der Waals surface area contributed by atoms with E-state index in [1.54, 1.807) is 37.6 Å². The van der Waals surface area contributed by atoms with Crippen molar-refractivity contribution in [3.05, 3.63) is 92.8 Å². The summed E-state index contributed by atoms with van der Waals surface area (Å²) in [6.45, 7) is 0. The third-order valence-corrected chi connectivity index (χ3v) is 2.75. The Hall–Kier alpha value is -0.991. The van der Waals surface area contributed by atoms with Crippen LogP contribution in [-0.2, 0) is 21.9 Å². The maximum Gasteiger partial charge on any atom is 2.00 e. The smallest absolute Gasteiger partial charge is 0.303 e. The number of carbonyl (C=O) groups excluding carboxylic acids is 2. The zero-order valence-electron chi connectivity index (χ0n) is 11.1. The van der Waals surface area contributed by atoms with Crippen molar-refractivity contribution in [1.29, 1.82) is 0 Å². The third-order valence-electron chi connectivity index (χ3n) is 2.75. The number of hydrogen-bond donors (Lipinski definition) is 0. The second-order valence-corrected chi connectivity index (χ2v) is 4.03. The molecule has 1 heterocycles. The van der Waals surface area contributed by atoms with Crippen LogP contribution in [-0.4, -0.2) is 17.6 Å². The molecule has 0 saturated heterocycles. The van der Waals surface area contributed by atoms with Crippen molar-refractivity contribution < 1.29 is 26.7 Å². The molecule has 2 fully saturated rings. The van der Waals surface area contributed by atoms with Crippen molar-refractivity contribution >= 4 is 12.6 Å². The summed E-state index contributed by atoms with van der Waals surface area (Å²) in [6.07, 6.45) is 18.3. The van der Waals surface area contributed by atoms with E-state index >= 15 is 0 Å². The molecule has 2 aliphatic rings. The molecule has 3 nitrogen and oxygen atoms in total. The SMILES string of the molecule is O=C[C]1[CH][CH][CH][C]1c1ncccc1C=O.[CH]1[CH][CH][CH][CH]1.[Fe+2]. The van der Waals surface area contributed by atoms with Crippen LogP contribution in [0.3, 0.4) is 0 Å². The van der Waals surface area contributed by atoms with Crippen molar-refractivity contribution in [2.24, 2.45) is 0 Å². The fourth-order valence-corrected chi connectivity index (χ4v) is 1.81. The Morgan fingerprint density at radius 1 is 0.857 bits per heavy atom. The number of pyridine rings is 1. The van der Waals surface area contributed by atoms with Gasteiger partial charge in [0.25, 0.3) is 0 Å². The number of aldehydes is 2. The predicted octanol–water partition coefficient (Wildman–Crippen LogP) is 2.24. The minimum absolute atomic E-state index is 0. The van der Waals surface area contributed by atoms with Gasteiger partial charge in [-0.2, -0.15) is 0 Å². The second-order valence-electron chi connectivity index (χ2n) is 4.03. The average Bonchev–Trinajstić information content (AvgIpc) is 3.20. The minimum atomic E-state index is 0. The Morgan fingerprint density at radius 2 is 1.52 bits per heavy atom. The van der Waals surface area contributed by atoms with Gasteiger partial charge in [0.05, 0.1) is 11.6 Å². The summed E-state index contributed by atoms with van der Waals surface area (Å²) in [6, 6.07) is 3.37. The molecule has 0 atom stereocenters. The molecule has 1 aromatic rings. The average molecular weight is 319 g/mol. The van der Waals surface area contributed by atoms with Crippen LogP contribution >= 0.6 is 0 Å². The van der Waals surface area contributed by atoms with Crippen LogP contribution < -0.4 is 0 Å². The first-order chi connectivity index (χ1) is 9.86. The molecule has 4 heteroatoms. The van der Waals surface area contributed by atoms with E-state index in [0.29, 0.717) is 23.1 Å². The van der Waals surface area contributed by atoms with E-state index in [9.17, 15) is 9.59 Å². The summed E-state index contributed by atoms with van der Waals surface area (Å²) >= 11 is 0. The molecule has 0 N–H and O–H groups in total. The number of hydrogen-bond acceptors (Lipinski definition) is 3. The molecule has 0 aromatic carbocycles. The molecule has 1 aromatic heterocycles. The van der Waals surface area contributed by atoms with Crippen LogP contribution in [0.1, 0.15) is 16.1 Å². The predicted molar refractivity (Wildman–Crippen MR) is 75.7 cm³/mol. The van der Waals surface area contributed by atoms with Crippen LogP contribution in [0, 0.1) is 63.2 Å². The number of rotatable bonds is 3. The van der Waals surface area contributed by atoms with Gasteiger partial charge in [-0.3, -0.25) is 9.78 Å². The van der Waals surface area contributed by atoms with Crippen molar-refractivity contribution in [3.63, 3.8) is 0 Å². The van der Waals surface area contributed by atoms with E-state index in [4.69, 9.17) is 0 Å². The van der Waals surface area contributed by atoms with Gasteiger partial charge in [0.1, 0.15) is 6.29 Å². The van der Waals surface area contributed by atoms with E-state index in [2.05, 4.69) is 4.98 Å². The summed E-state index contributed by atoms with van der Waals surface area (Å²) in [7, 11) is 0. The van der Waals surface area contributed by atoms with Crippen LogP contribution in [0.25, 0.3) is 0 Å². The topological polar surface area (TPSA) is 47.0 Å². The van der Waals surface area contributed by atoms with Gasteiger partial charge in [-0.1, -0.05) is 0 Å². The van der Waals surface area contributed by atoms with E-state index in [-0.39, 0.29) is 17.1 Å². The molecule has 21 heavy (non-hydrogen) atoms. The molecular formula is C17H13FeNO2+2. The fraction of sp³-hybridized carbons (Fsp3) is 0. The van der Waals surface area contributed by atoms with E-state index in [1.807, 2.05) is 32.1 Å². The molecular weight excluding hydrogens is 306 g/mol. The van der Waals surface area contributed by atoms with Crippen molar-refractivity contribution in [2.45, 2.75) is 0 Å². The van der Waals surface area contributed by atoms with Crippen LogP contribution in [0.5, 0.6) is 0 Å². The van der Waals surface area contributed by atoms with Gasteiger partial charge in [-0.25, -0.2) is 0 Å². The summed E-state index contributed by atoms with van der Waals surface area (Å²) < 4.78 is 0. The maximum atomic E-state index is 10.8. The molecule has 0 spiro atoms. The molecule has 104 valence electrons. The van der Waals surface area contributed by atoms with Crippen LogP contribution in [0.2, 0.25) is 0 Å². The maximum absolute atomic E-state index is 10.8. The monoisotopic (exact) mass is 319 g/mol. The Labute approximate surface area is 137 Å². The summed E-state index contributed by atoms with van der Waals surface area (Å²) in [5, 5.41) is 0. The van der Waals surface area contributed by atoms with Gasteiger partial charge in [-0.15, -0.1) is 0 Å². The molecule has 10 radical (unpaired) electrons. The Morgan fingerprint density at radius 3 is 2.10 bits per heavy atom. The van der Waals surface area contributed by atoms with Crippen molar-refractivity contribution in [2.75, 3.05) is 0 Å². The molecule has 0 unspecified atom stereocenters. The second kappa shape index (κ2) is 9.86. The first-order valence-corrected chi connectivity index (χ1v) is 6.15. The van der Waals surface area contributed by atoms with Gasteiger partial charge in [0.2, 0.25) is 0 Å². The molecule has 3 rings (SSSR count). The molecule has 0 aliphatic heterocycles. The van der Waals surface area contributed by atoms with Gasteiger partial charge in [0.15, 0.2) is 6.29 Å².